The zero-order valence-electron chi connectivity index (χ0n) is 36.3. The van der Waals surface area contributed by atoms with E-state index in [-0.39, 0.29) is 51.2 Å². The Labute approximate surface area is 379 Å². The molecule has 7 atom stereocenters. The van der Waals surface area contributed by atoms with Crippen LogP contribution in [0.25, 0.3) is 0 Å². The molecule has 0 aliphatic carbocycles. The number of guanidine groups is 1. The molecule has 24 nitrogen and oxygen atoms in total. The maximum absolute atomic E-state index is 14.0. The Morgan fingerprint density at radius 3 is 1.83 bits per heavy atom. The van der Waals surface area contributed by atoms with Crippen molar-refractivity contribution in [3.05, 3.63) is 71.8 Å². The molecular weight excluding hydrogens is 865 g/mol. The molecule has 2 aromatic carbocycles. The van der Waals surface area contributed by atoms with Gasteiger partial charge in [0.05, 0.1) is 25.4 Å². The Morgan fingerprint density at radius 2 is 1.29 bits per heavy atom. The number of nitrogens with zero attached hydrogens (tertiary/aromatic N) is 2. The van der Waals surface area contributed by atoms with E-state index in [9.17, 15) is 53.1 Å². The molecule has 8 amide bonds. The zero-order chi connectivity index (χ0) is 48.9. The number of carboxylic acid groups (broad SMARTS) is 2. The summed E-state index contributed by atoms with van der Waals surface area (Å²) >= 11 is 0. The van der Waals surface area contributed by atoms with Gasteiger partial charge in [-0.2, -0.15) is 0 Å². The van der Waals surface area contributed by atoms with Gasteiger partial charge in [0.25, 0.3) is 0 Å². The summed E-state index contributed by atoms with van der Waals surface area (Å²) in [5.74, 6) is -9.84. The van der Waals surface area contributed by atoms with Crippen LogP contribution in [-0.2, 0) is 60.8 Å². The number of carbonyl (C=O) groups excluding carboxylic acids is 8. The number of likely N-dealkylation sites (tertiary alicyclic amines) is 1. The molecule has 66 heavy (non-hydrogen) atoms. The number of rotatable bonds is 26. The van der Waals surface area contributed by atoms with Gasteiger partial charge in [-0.1, -0.05) is 60.7 Å². The number of hydrogen-bond donors (Lipinski definition) is 12. The molecule has 3 rings (SSSR count). The van der Waals surface area contributed by atoms with Gasteiger partial charge in [0.1, 0.15) is 36.3 Å². The van der Waals surface area contributed by atoms with Crippen molar-refractivity contribution in [2.45, 2.75) is 101 Å². The van der Waals surface area contributed by atoms with Gasteiger partial charge in [0.2, 0.25) is 47.3 Å². The Hall–Kier alpha value is -7.63. The van der Waals surface area contributed by atoms with Gasteiger partial charge in [0, 0.05) is 25.9 Å². The van der Waals surface area contributed by atoms with Gasteiger partial charge in [-0.25, -0.2) is 4.79 Å². The summed E-state index contributed by atoms with van der Waals surface area (Å²) in [4.78, 5) is 134. The first-order valence-corrected chi connectivity index (χ1v) is 21.0. The average molecular weight is 923 g/mol. The summed E-state index contributed by atoms with van der Waals surface area (Å²) in [6.07, 6.45) is -0.881. The molecule has 1 saturated heterocycles. The lowest BCUT2D eigenvalue weighted by Gasteiger charge is -2.29. The van der Waals surface area contributed by atoms with Crippen molar-refractivity contribution in [1.29, 1.82) is 0 Å². The van der Waals surface area contributed by atoms with E-state index >= 15 is 0 Å². The molecule has 1 aliphatic heterocycles. The third-order valence-corrected chi connectivity index (χ3v) is 10.2. The quantitative estimate of drug-likeness (QED) is 0.0242. The largest absolute Gasteiger partial charge is 0.481 e. The van der Waals surface area contributed by atoms with E-state index < -0.39 is 121 Å². The maximum atomic E-state index is 14.0. The van der Waals surface area contributed by atoms with E-state index in [0.717, 1.165) is 4.90 Å². The van der Waals surface area contributed by atoms with Gasteiger partial charge >= 0.3 is 11.9 Å². The van der Waals surface area contributed by atoms with Crippen molar-refractivity contribution in [3.8, 4) is 0 Å². The molecule has 1 fully saturated rings. The smallest absolute Gasteiger partial charge is 0.326 e. The molecular formula is C42H58N12O12. The van der Waals surface area contributed by atoms with Gasteiger partial charge < -0.3 is 69.9 Å². The molecule has 0 radical (unpaired) electrons. The summed E-state index contributed by atoms with van der Waals surface area (Å²) in [6, 6.07) is 7.55. The van der Waals surface area contributed by atoms with Crippen molar-refractivity contribution in [2.24, 2.45) is 27.9 Å². The number of nitrogens with two attached hydrogens (primary N) is 4. The number of aliphatic carboxylic acids is 2. The second-order valence-corrected chi connectivity index (χ2v) is 15.5. The van der Waals surface area contributed by atoms with Crippen LogP contribution >= 0.6 is 0 Å². The van der Waals surface area contributed by atoms with Crippen molar-refractivity contribution >= 4 is 65.2 Å². The first kappa shape index (κ1) is 52.7. The number of primary amides is 1. The molecule has 1 aliphatic rings. The maximum Gasteiger partial charge on any atom is 0.326 e. The number of hydrogen-bond acceptors (Lipinski definition) is 12. The van der Waals surface area contributed by atoms with E-state index in [1.165, 1.54) is 6.92 Å². The van der Waals surface area contributed by atoms with E-state index in [2.05, 4.69) is 36.9 Å². The van der Waals surface area contributed by atoms with Crippen LogP contribution in [0.5, 0.6) is 0 Å². The number of nitrogens with one attached hydrogen (secondary N) is 6. The third kappa shape index (κ3) is 17.9. The van der Waals surface area contributed by atoms with Crippen LogP contribution in [0.4, 0.5) is 0 Å². The number of aliphatic imine (C=N–C) groups is 1. The highest BCUT2D eigenvalue weighted by atomic mass is 16.4. The SMILES string of the molecule is C[C@H](NC(=O)[C@@H](N)CC(=O)O)C(=O)N[C@@H](Cc1ccccc1)C(=O)N[C@@H](Cc1ccccc1)C(=O)NCC(=O)N[C@@H](CC(N)=O)C(=O)N1CCC[C@H]1C(=O)N[C@@H](CCCN=C(N)N)C(=O)O. The van der Waals surface area contributed by atoms with Crippen LogP contribution in [0.3, 0.4) is 0 Å². The first-order valence-electron chi connectivity index (χ1n) is 21.0. The van der Waals surface area contributed by atoms with Crippen LogP contribution < -0.4 is 54.8 Å². The van der Waals surface area contributed by atoms with Gasteiger partial charge in [-0.15, -0.1) is 0 Å². The molecule has 0 bridgehead atoms. The molecule has 0 aromatic heterocycles. The summed E-state index contributed by atoms with van der Waals surface area (Å²) in [7, 11) is 0. The fourth-order valence-electron chi connectivity index (χ4n) is 6.82. The van der Waals surface area contributed by atoms with Crippen LogP contribution in [0, 0.1) is 0 Å². The highest BCUT2D eigenvalue weighted by molar-refractivity contribution is 5.98. The number of carbonyl (C=O) groups is 10. The van der Waals surface area contributed by atoms with Crippen LogP contribution in [0.2, 0.25) is 0 Å². The monoisotopic (exact) mass is 922 g/mol. The van der Waals surface area contributed by atoms with Crippen LogP contribution in [0.1, 0.15) is 56.6 Å². The fraction of sp³-hybridized carbons (Fsp3) is 0.452. The van der Waals surface area contributed by atoms with E-state index in [1.807, 2.05) is 0 Å². The number of carboxylic acids is 2. The lowest BCUT2D eigenvalue weighted by atomic mass is 10.0. The van der Waals surface area contributed by atoms with Crippen molar-refractivity contribution < 1.29 is 58.2 Å². The van der Waals surface area contributed by atoms with E-state index in [1.54, 1.807) is 60.7 Å². The number of amides is 8. The fourth-order valence-corrected chi connectivity index (χ4v) is 6.82. The minimum absolute atomic E-state index is 0.0275. The molecule has 1 heterocycles. The van der Waals surface area contributed by atoms with Crippen LogP contribution in [0.15, 0.2) is 65.7 Å². The van der Waals surface area contributed by atoms with Crippen molar-refractivity contribution in [2.75, 3.05) is 19.6 Å². The Morgan fingerprint density at radius 1 is 0.712 bits per heavy atom. The van der Waals surface area contributed by atoms with Crippen molar-refractivity contribution in [3.63, 3.8) is 0 Å². The standard InChI is InChI=1S/C42H58N12O12/c1-23(49-36(60)26(43)20-34(57)58)35(59)52-29(19-25-12-6-3-7-13-25)38(62)53-28(18-24-10-4-2-5-11-24)37(61)48-22-33(56)50-30(21-32(44)55)40(64)54-17-9-15-31(54)39(63)51-27(41(65)66)14-8-16-47-42(45)46/h2-7,10-13,23,26-31H,8-9,14-22,43H2,1H3,(H2,44,55)(H,48,61)(H,49,60)(H,50,56)(H,51,63)(H,52,59)(H,53,62)(H,57,58)(H,65,66)(H4,45,46,47)/t23-,26-,27-,28-,29-,30-,31-/m0/s1. The molecule has 24 heteroatoms. The highest BCUT2D eigenvalue weighted by Crippen LogP contribution is 2.20. The third-order valence-electron chi connectivity index (χ3n) is 10.2. The normalized spacial score (nSPS) is 15.8. The van der Waals surface area contributed by atoms with E-state index in [0.29, 0.717) is 17.5 Å². The molecule has 16 N–H and O–H groups in total. The van der Waals surface area contributed by atoms with Gasteiger partial charge in [0.15, 0.2) is 5.96 Å². The molecule has 0 spiro atoms. The average Bonchev–Trinajstić information content (AvgIpc) is 3.76. The minimum Gasteiger partial charge on any atom is -0.481 e. The first-order chi connectivity index (χ1) is 31.2. The number of benzene rings is 2. The highest BCUT2D eigenvalue weighted by Gasteiger charge is 2.39. The predicted octanol–water partition coefficient (Wildman–Crippen LogP) is -4.16. The summed E-state index contributed by atoms with van der Waals surface area (Å²) < 4.78 is 0. The molecule has 358 valence electrons. The summed E-state index contributed by atoms with van der Waals surface area (Å²) in [5.41, 5.74) is 22.8. The predicted molar refractivity (Wildman–Crippen MR) is 235 cm³/mol. The second-order valence-electron chi connectivity index (χ2n) is 15.5. The Kier molecular flexibility index (Phi) is 20.9. The Balaban J connectivity index is 1.75. The van der Waals surface area contributed by atoms with Crippen molar-refractivity contribution in [1.82, 2.24) is 36.8 Å². The van der Waals surface area contributed by atoms with E-state index in [4.69, 9.17) is 28.0 Å². The second kappa shape index (κ2) is 26.2. The topological polar surface area (TPSA) is 403 Å². The molecule has 0 saturated carbocycles. The Bertz CT molecular complexity index is 2090. The molecule has 2 aromatic rings. The lowest BCUT2D eigenvalue weighted by molar-refractivity contribution is -0.145. The summed E-state index contributed by atoms with van der Waals surface area (Å²) in [5, 5.41) is 33.4. The van der Waals surface area contributed by atoms with Gasteiger partial charge in [-0.3, -0.25) is 48.1 Å². The molecule has 0 unspecified atom stereocenters. The summed E-state index contributed by atoms with van der Waals surface area (Å²) in [6.45, 7) is 0.678. The van der Waals surface area contributed by atoms with Crippen LogP contribution in [-0.4, -0.2) is 142 Å². The van der Waals surface area contributed by atoms with Gasteiger partial charge in [-0.05, 0) is 43.7 Å². The lowest BCUT2D eigenvalue weighted by Crippen LogP contribution is -2.59. The minimum atomic E-state index is -1.59. The zero-order valence-corrected chi connectivity index (χ0v) is 36.3.